The van der Waals surface area contributed by atoms with Crippen molar-refractivity contribution in [3.63, 3.8) is 0 Å². The highest BCUT2D eigenvalue weighted by molar-refractivity contribution is 5.05. The van der Waals surface area contributed by atoms with E-state index in [1.54, 1.807) is 0 Å². The Bertz CT molecular complexity index is 270. The fourth-order valence-corrected chi connectivity index (χ4v) is 2.11. The van der Waals surface area contributed by atoms with Crippen LogP contribution in [0.2, 0.25) is 0 Å². The maximum absolute atomic E-state index is 6.21. The topological polar surface area (TPSA) is 80.5 Å². The van der Waals surface area contributed by atoms with Crippen LogP contribution in [-0.4, -0.2) is 20.6 Å². The second-order valence-electron chi connectivity index (χ2n) is 3.91. The third-order valence-electron chi connectivity index (χ3n) is 3.02. The summed E-state index contributed by atoms with van der Waals surface area (Å²) in [6, 6.07) is 0. The van der Waals surface area contributed by atoms with Gasteiger partial charge in [-0.05, 0) is 25.2 Å². The number of nitrogens with zero attached hydrogens (tertiary/aromatic N) is 3. The lowest BCUT2D eigenvalue weighted by Gasteiger charge is -2.18. The standard InChI is InChI=1S/C8H15N5/c1-2-6-3-4-8(9,5-6)7-10-12-13-11-7/h6H,2-5,9H2,1H3,(H,10,11,12,13). The Hall–Kier alpha value is -0.970. The molecule has 1 aliphatic carbocycles. The van der Waals surface area contributed by atoms with E-state index in [-0.39, 0.29) is 5.54 Å². The van der Waals surface area contributed by atoms with Gasteiger partial charge in [0.05, 0.1) is 5.54 Å². The smallest absolute Gasteiger partial charge is 0.194 e. The zero-order chi connectivity index (χ0) is 9.31. The molecule has 0 saturated heterocycles. The van der Waals surface area contributed by atoms with Crippen LogP contribution in [0.4, 0.5) is 0 Å². The molecular formula is C8H15N5. The molecule has 1 fully saturated rings. The van der Waals surface area contributed by atoms with Gasteiger partial charge >= 0.3 is 0 Å². The predicted molar refractivity (Wildman–Crippen MR) is 47.7 cm³/mol. The molecule has 2 unspecified atom stereocenters. The molecule has 72 valence electrons. The van der Waals surface area contributed by atoms with Crippen LogP contribution in [-0.2, 0) is 5.54 Å². The van der Waals surface area contributed by atoms with Gasteiger partial charge in [-0.3, -0.25) is 0 Å². The third-order valence-corrected chi connectivity index (χ3v) is 3.02. The Morgan fingerprint density at radius 3 is 3.08 bits per heavy atom. The summed E-state index contributed by atoms with van der Waals surface area (Å²) in [6.45, 7) is 2.20. The third kappa shape index (κ3) is 1.44. The molecule has 0 amide bonds. The van der Waals surface area contributed by atoms with E-state index in [2.05, 4.69) is 27.5 Å². The SMILES string of the molecule is CCC1CCC(N)(c2nn[nH]n2)C1. The normalized spacial score (nSPS) is 33.8. The van der Waals surface area contributed by atoms with Gasteiger partial charge in [-0.15, -0.1) is 10.2 Å². The van der Waals surface area contributed by atoms with Crippen LogP contribution in [0.25, 0.3) is 0 Å². The number of rotatable bonds is 2. The van der Waals surface area contributed by atoms with Gasteiger partial charge < -0.3 is 5.73 Å². The lowest BCUT2D eigenvalue weighted by Crippen LogP contribution is -2.35. The number of aromatic amines is 1. The number of tetrazole rings is 1. The number of hydrogen-bond acceptors (Lipinski definition) is 4. The molecule has 1 aromatic heterocycles. The maximum atomic E-state index is 6.21. The molecule has 5 heteroatoms. The lowest BCUT2D eigenvalue weighted by molar-refractivity contribution is 0.402. The first-order chi connectivity index (χ1) is 6.24. The first-order valence-corrected chi connectivity index (χ1v) is 4.77. The van der Waals surface area contributed by atoms with Gasteiger partial charge in [-0.1, -0.05) is 18.6 Å². The molecule has 0 radical (unpaired) electrons. The van der Waals surface area contributed by atoms with Crippen LogP contribution in [0.1, 0.15) is 38.4 Å². The van der Waals surface area contributed by atoms with Crippen LogP contribution in [0.15, 0.2) is 0 Å². The Labute approximate surface area is 77.1 Å². The van der Waals surface area contributed by atoms with Gasteiger partial charge in [0.25, 0.3) is 0 Å². The molecule has 2 rings (SSSR count). The van der Waals surface area contributed by atoms with E-state index in [9.17, 15) is 0 Å². The van der Waals surface area contributed by atoms with E-state index in [1.165, 1.54) is 12.8 Å². The maximum Gasteiger partial charge on any atom is 0.194 e. The van der Waals surface area contributed by atoms with Crippen molar-refractivity contribution >= 4 is 0 Å². The Kier molecular flexibility index (Phi) is 2.03. The van der Waals surface area contributed by atoms with E-state index in [0.29, 0.717) is 5.82 Å². The minimum Gasteiger partial charge on any atom is -0.319 e. The van der Waals surface area contributed by atoms with Crippen molar-refractivity contribution in [1.29, 1.82) is 0 Å². The van der Waals surface area contributed by atoms with Crippen molar-refractivity contribution in [2.75, 3.05) is 0 Å². The van der Waals surface area contributed by atoms with Gasteiger partial charge in [-0.25, -0.2) is 0 Å². The minimum absolute atomic E-state index is 0.326. The van der Waals surface area contributed by atoms with Crippen LogP contribution < -0.4 is 5.73 Å². The summed E-state index contributed by atoms with van der Waals surface area (Å²) in [5.74, 6) is 1.40. The summed E-state index contributed by atoms with van der Waals surface area (Å²) in [4.78, 5) is 0. The van der Waals surface area contributed by atoms with Crippen LogP contribution in [0.3, 0.4) is 0 Å². The summed E-state index contributed by atoms with van der Waals surface area (Å²) in [5, 5.41) is 13.9. The molecule has 13 heavy (non-hydrogen) atoms. The molecule has 1 aromatic rings. The first kappa shape index (κ1) is 8.62. The van der Waals surface area contributed by atoms with Gasteiger partial charge in [-0.2, -0.15) is 5.21 Å². The van der Waals surface area contributed by atoms with Gasteiger partial charge in [0.1, 0.15) is 0 Å². The summed E-state index contributed by atoms with van der Waals surface area (Å²) >= 11 is 0. The molecule has 0 bridgehead atoms. The Morgan fingerprint density at radius 2 is 2.54 bits per heavy atom. The predicted octanol–water partition coefficient (Wildman–Crippen LogP) is 0.564. The monoisotopic (exact) mass is 181 g/mol. The van der Waals surface area contributed by atoms with E-state index in [0.717, 1.165) is 18.8 Å². The largest absolute Gasteiger partial charge is 0.319 e. The van der Waals surface area contributed by atoms with Gasteiger partial charge in [0.2, 0.25) is 0 Å². The van der Waals surface area contributed by atoms with Crippen LogP contribution in [0, 0.1) is 5.92 Å². The van der Waals surface area contributed by atoms with Crippen molar-refractivity contribution in [2.45, 2.75) is 38.1 Å². The Balaban J connectivity index is 2.15. The number of aromatic nitrogens is 4. The fourth-order valence-electron chi connectivity index (χ4n) is 2.11. The van der Waals surface area contributed by atoms with Gasteiger partial charge in [0, 0.05) is 0 Å². The van der Waals surface area contributed by atoms with Crippen molar-refractivity contribution in [2.24, 2.45) is 11.7 Å². The molecular weight excluding hydrogens is 166 g/mol. The second-order valence-corrected chi connectivity index (χ2v) is 3.91. The average molecular weight is 181 g/mol. The molecule has 0 aliphatic heterocycles. The molecule has 0 spiro atoms. The molecule has 2 atom stereocenters. The van der Waals surface area contributed by atoms with E-state index >= 15 is 0 Å². The molecule has 0 aromatic carbocycles. The van der Waals surface area contributed by atoms with Crippen LogP contribution in [0.5, 0.6) is 0 Å². The van der Waals surface area contributed by atoms with E-state index < -0.39 is 0 Å². The average Bonchev–Trinajstić information content (AvgIpc) is 2.72. The minimum atomic E-state index is -0.326. The molecule has 3 N–H and O–H groups in total. The van der Waals surface area contributed by atoms with Crippen LogP contribution >= 0.6 is 0 Å². The summed E-state index contributed by atoms with van der Waals surface area (Å²) < 4.78 is 0. The molecule has 1 heterocycles. The molecule has 1 aliphatic rings. The first-order valence-electron chi connectivity index (χ1n) is 4.77. The van der Waals surface area contributed by atoms with Crippen molar-refractivity contribution in [3.8, 4) is 0 Å². The quantitative estimate of drug-likeness (QED) is 0.698. The number of hydrogen-bond donors (Lipinski definition) is 2. The fraction of sp³-hybridized carbons (Fsp3) is 0.875. The number of nitrogens with one attached hydrogen (secondary N) is 1. The number of nitrogens with two attached hydrogens (primary N) is 1. The van der Waals surface area contributed by atoms with Crippen molar-refractivity contribution < 1.29 is 0 Å². The molecule has 1 saturated carbocycles. The highest BCUT2D eigenvalue weighted by Crippen LogP contribution is 2.39. The second kappa shape index (κ2) is 3.06. The zero-order valence-electron chi connectivity index (χ0n) is 7.82. The van der Waals surface area contributed by atoms with Crippen molar-refractivity contribution in [3.05, 3.63) is 5.82 Å². The highest BCUT2D eigenvalue weighted by atomic mass is 15.5. The van der Waals surface area contributed by atoms with E-state index in [1.807, 2.05) is 0 Å². The van der Waals surface area contributed by atoms with E-state index in [4.69, 9.17) is 5.73 Å². The lowest BCUT2D eigenvalue weighted by atomic mass is 9.96. The summed E-state index contributed by atoms with van der Waals surface area (Å²) in [5.41, 5.74) is 5.88. The highest BCUT2D eigenvalue weighted by Gasteiger charge is 2.39. The molecule has 5 nitrogen and oxygen atoms in total. The number of H-pyrrole nitrogens is 1. The Morgan fingerprint density at radius 1 is 1.69 bits per heavy atom. The summed E-state index contributed by atoms with van der Waals surface area (Å²) in [7, 11) is 0. The zero-order valence-corrected chi connectivity index (χ0v) is 7.82. The summed E-state index contributed by atoms with van der Waals surface area (Å²) in [6.07, 6.45) is 4.34. The van der Waals surface area contributed by atoms with Crippen molar-refractivity contribution in [1.82, 2.24) is 20.6 Å². The van der Waals surface area contributed by atoms with Gasteiger partial charge in [0.15, 0.2) is 5.82 Å².